The van der Waals surface area contributed by atoms with E-state index < -0.39 is 6.04 Å². The van der Waals surface area contributed by atoms with Crippen molar-refractivity contribution in [3.05, 3.63) is 28.0 Å². The second-order valence-corrected chi connectivity index (χ2v) is 8.73. The molecule has 0 saturated carbocycles. The van der Waals surface area contributed by atoms with Crippen LogP contribution in [-0.4, -0.2) is 42.9 Å². The first-order valence-electron chi connectivity index (χ1n) is 8.62. The van der Waals surface area contributed by atoms with Crippen molar-refractivity contribution >= 4 is 23.3 Å². The van der Waals surface area contributed by atoms with Gasteiger partial charge in [-0.2, -0.15) is 0 Å². The van der Waals surface area contributed by atoms with E-state index in [9.17, 15) is 9.59 Å². The lowest BCUT2D eigenvalue weighted by Crippen LogP contribution is -2.32. The minimum Gasteiger partial charge on any atom is -0.325 e. The van der Waals surface area contributed by atoms with Gasteiger partial charge in [0.05, 0.1) is 17.9 Å². The van der Waals surface area contributed by atoms with Crippen LogP contribution in [0.25, 0.3) is 0 Å². The molecule has 0 aliphatic carbocycles. The zero-order valence-electron chi connectivity index (χ0n) is 15.7. The Morgan fingerprint density at radius 3 is 2.62 bits per heavy atom. The third kappa shape index (κ3) is 3.77. The van der Waals surface area contributed by atoms with Crippen molar-refractivity contribution < 1.29 is 9.59 Å². The van der Waals surface area contributed by atoms with E-state index in [1.807, 2.05) is 25.4 Å². The van der Waals surface area contributed by atoms with E-state index in [1.54, 1.807) is 4.68 Å². The van der Waals surface area contributed by atoms with Gasteiger partial charge < -0.3 is 5.32 Å². The maximum absolute atomic E-state index is 12.6. The molecular formula is C17H24N6O2S. The Balaban J connectivity index is 1.67. The minimum absolute atomic E-state index is 0.0587. The molecule has 1 aliphatic heterocycles. The Labute approximate surface area is 156 Å². The van der Waals surface area contributed by atoms with Crippen LogP contribution in [0.5, 0.6) is 0 Å². The molecule has 9 heteroatoms. The summed E-state index contributed by atoms with van der Waals surface area (Å²) in [5.74, 6) is -0.249. The lowest BCUT2D eigenvalue weighted by atomic mass is 9.93. The van der Waals surface area contributed by atoms with Gasteiger partial charge in [0.2, 0.25) is 0 Å². The molecule has 3 amide bonds. The standard InChI is InChI=1S/C17H24N6O2S/c1-10(2)23-7-11(20-21-23)6-12-15(24)22(16(25)18-12)8-14-19-13(9-26-14)17(3,4)5/h7,9-10,12H,6,8H2,1-5H3,(H,18,25)/t12-/m0/s1. The average molecular weight is 376 g/mol. The smallest absolute Gasteiger partial charge is 0.325 e. The first kappa shape index (κ1) is 18.5. The molecule has 1 atom stereocenters. The third-order valence-electron chi connectivity index (χ3n) is 4.22. The molecule has 1 fully saturated rings. The predicted octanol–water partition coefficient (Wildman–Crippen LogP) is 2.28. The summed E-state index contributed by atoms with van der Waals surface area (Å²) in [6.07, 6.45) is 2.14. The fourth-order valence-corrected chi connectivity index (χ4v) is 3.61. The molecule has 0 spiro atoms. The summed E-state index contributed by atoms with van der Waals surface area (Å²) >= 11 is 1.47. The van der Waals surface area contributed by atoms with E-state index in [4.69, 9.17) is 0 Å². The van der Waals surface area contributed by atoms with Crippen LogP contribution in [0.15, 0.2) is 11.6 Å². The van der Waals surface area contributed by atoms with Gasteiger partial charge in [-0.1, -0.05) is 26.0 Å². The maximum atomic E-state index is 12.6. The monoisotopic (exact) mass is 376 g/mol. The van der Waals surface area contributed by atoms with Crippen molar-refractivity contribution in [3.63, 3.8) is 0 Å². The molecule has 8 nitrogen and oxygen atoms in total. The number of imide groups is 1. The van der Waals surface area contributed by atoms with Crippen molar-refractivity contribution in [2.24, 2.45) is 0 Å². The maximum Gasteiger partial charge on any atom is 0.325 e. The van der Waals surface area contributed by atoms with E-state index in [1.165, 1.54) is 16.2 Å². The van der Waals surface area contributed by atoms with Crippen LogP contribution in [0.1, 0.15) is 57.1 Å². The third-order valence-corrected chi connectivity index (χ3v) is 5.05. The largest absolute Gasteiger partial charge is 0.325 e. The lowest BCUT2D eigenvalue weighted by molar-refractivity contribution is -0.127. The van der Waals surface area contributed by atoms with Gasteiger partial charge in [-0.3, -0.25) is 9.69 Å². The second kappa shape index (κ2) is 6.79. The molecule has 26 heavy (non-hydrogen) atoms. The number of carbonyl (C=O) groups excluding carboxylic acids is 2. The van der Waals surface area contributed by atoms with Crippen molar-refractivity contribution in [3.8, 4) is 0 Å². The molecule has 0 aromatic carbocycles. The first-order valence-corrected chi connectivity index (χ1v) is 9.50. The molecule has 1 saturated heterocycles. The Hall–Kier alpha value is -2.29. The van der Waals surface area contributed by atoms with Crippen LogP contribution in [0, 0.1) is 0 Å². The molecule has 3 heterocycles. The first-order chi connectivity index (χ1) is 12.1. The molecule has 0 radical (unpaired) electrons. The van der Waals surface area contributed by atoms with Crippen molar-refractivity contribution in [1.29, 1.82) is 0 Å². The van der Waals surface area contributed by atoms with Crippen molar-refractivity contribution in [2.75, 3.05) is 0 Å². The molecule has 2 aromatic rings. The molecule has 3 rings (SSSR count). The molecular weight excluding hydrogens is 352 g/mol. The number of amides is 3. The van der Waals surface area contributed by atoms with Gasteiger partial charge >= 0.3 is 6.03 Å². The summed E-state index contributed by atoms with van der Waals surface area (Å²) in [6.45, 7) is 10.4. The Kier molecular flexibility index (Phi) is 4.83. The fraction of sp³-hybridized carbons (Fsp3) is 0.588. The molecule has 2 aromatic heterocycles. The summed E-state index contributed by atoms with van der Waals surface area (Å²) in [6, 6.07) is -0.797. The Morgan fingerprint density at radius 2 is 2.04 bits per heavy atom. The fourth-order valence-electron chi connectivity index (χ4n) is 2.60. The number of hydrogen-bond acceptors (Lipinski definition) is 6. The molecule has 140 valence electrons. The van der Waals surface area contributed by atoms with Gasteiger partial charge in [0.1, 0.15) is 11.0 Å². The highest BCUT2D eigenvalue weighted by atomic mass is 32.1. The number of nitrogens with zero attached hydrogens (tertiary/aromatic N) is 5. The highest BCUT2D eigenvalue weighted by Crippen LogP contribution is 2.25. The van der Waals surface area contributed by atoms with Crippen LogP contribution < -0.4 is 5.32 Å². The second-order valence-electron chi connectivity index (χ2n) is 7.79. The number of hydrogen-bond donors (Lipinski definition) is 1. The number of carbonyl (C=O) groups is 2. The van der Waals surface area contributed by atoms with E-state index in [2.05, 4.69) is 41.4 Å². The van der Waals surface area contributed by atoms with Gasteiger partial charge in [0, 0.05) is 29.5 Å². The minimum atomic E-state index is -0.609. The van der Waals surface area contributed by atoms with Gasteiger partial charge in [0.25, 0.3) is 5.91 Å². The normalized spacial score (nSPS) is 18.1. The summed E-state index contributed by atoms with van der Waals surface area (Å²) in [5.41, 5.74) is 1.59. The quantitative estimate of drug-likeness (QED) is 0.808. The number of urea groups is 1. The van der Waals surface area contributed by atoms with Gasteiger partial charge in [-0.25, -0.2) is 14.5 Å². The van der Waals surface area contributed by atoms with Gasteiger partial charge in [0.15, 0.2) is 0 Å². The Morgan fingerprint density at radius 1 is 1.31 bits per heavy atom. The van der Waals surface area contributed by atoms with Crippen LogP contribution in [-0.2, 0) is 23.2 Å². The van der Waals surface area contributed by atoms with E-state index >= 15 is 0 Å². The number of nitrogens with one attached hydrogen (secondary N) is 1. The van der Waals surface area contributed by atoms with Crippen LogP contribution in [0.3, 0.4) is 0 Å². The summed E-state index contributed by atoms with van der Waals surface area (Å²) in [7, 11) is 0. The molecule has 1 aliphatic rings. The SMILES string of the molecule is CC(C)n1cc(C[C@@H]2NC(=O)N(Cc3nc(C(C)(C)C)cs3)C2=O)nn1. The molecule has 1 N–H and O–H groups in total. The molecule has 0 unspecified atom stereocenters. The van der Waals surface area contributed by atoms with Crippen molar-refractivity contribution in [2.45, 2.75) is 65.1 Å². The Bertz CT molecular complexity index is 819. The number of rotatable bonds is 5. The highest BCUT2D eigenvalue weighted by molar-refractivity contribution is 7.09. The predicted molar refractivity (Wildman–Crippen MR) is 97.8 cm³/mol. The van der Waals surface area contributed by atoms with Crippen LogP contribution >= 0.6 is 11.3 Å². The van der Waals surface area contributed by atoms with Crippen molar-refractivity contribution in [1.82, 2.24) is 30.2 Å². The molecule has 0 bridgehead atoms. The van der Waals surface area contributed by atoms with Crippen LogP contribution in [0.2, 0.25) is 0 Å². The van der Waals surface area contributed by atoms with E-state index in [0.717, 1.165) is 10.7 Å². The van der Waals surface area contributed by atoms with E-state index in [0.29, 0.717) is 12.1 Å². The summed E-state index contributed by atoms with van der Waals surface area (Å²) in [5, 5.41) is 13.6. The van der Waals surface area contributed by atoms with Gasteiger partial charge in [-0.05, 0) is 13.8 Å². The average Bonchev–Trinajstić information content (AvgIpc) is 3.24. The topological polar surface area (TPSA) is 93.0 Å². The van der Waals surface area contributed by atoms with Crippen LogP contribution in [0.4, 0.5) is 4.79 Å². The number of thiazole rings is 1. The van der Waals surface area contributed by atoms with Gasteiger partial charge in [-0.15, -0.1) is 16.4 Å². The zero-order chi connectivity index (χ0) is 19.1. The summed E-state index contributed by atoms with van der Waals surface area (Å²) < 4.78 is 1.73. The highest BCUT2D eigenvalue weighted by Gasteiger charge is 2.39. The number of aromatic nitrogens is 4. The summed E-state index contributed by atoms with van der Waals surface area (Å²) in [4.78, 5) is 30.7. The zero-order valence-corrected chi connectivity index (χ0v) is 16.5. The lowest BCUT2D eigenvalue weighted by Gasteiger charge is -2.14. The van der Waals surface area contributed by atoms with E-state index in [-0.39, 0.29) is 29.9 Å².